The zero-order valence-corrected chi connectivity index (χ0v) is 14.9. The Labute approximate surface area is 136 Å². The van der Waals surface area contributed by atoms with Gasteiger partial charge in [0.2, 0.25) is 0 Å². The quantitative estimate of drug-likeness (QED) is 0.621. The van der Waals surface area contributed by atoms with Crippen molar-refractivity contribution in [3.05, 3.63) is 67.1 Å². The lowest BCUT2D eigenvalue weighted by atomic mass is 9.97. The largest absolute Gasteiger partial charge is 0.294 e. The highest BCUT2D eigenvalue weighted by Gasteiger charge is 2.14. The normalized spacial score (nSPS) is 10.7. The van der Waals surface area contributed by atoms with Crippen LogP contribution in [0.5, 0.6) is 0 Å². The van der Waals surface area contributed by atoms with E-state index in [-0.39, 0.29) is 5.78 Å². The molecular weight excluding hydrogens is 380 g/mol. The molecule has 3 heteroatoms. The summed E-state index contributed by atoms with van der Waals surface area (Å²) >= 11 is 6.97. The Kier molecular flexibility index (Phi) is 4.82. The first kappa shape index (κ1) is 15.5. The SMILES string of the molecule is Cc1ccc(C)c(CC(=O)c2cc(Br)c(C)cc2Br)c1. The number of ketones is 1. The van der Waals surface area contributed by atoms with Gasteiger partial charge >= 0.3 is 0 Å². The molecule has 0 unspecified atom stereocenters. The van der Waals surface area contributed by atoms with Gasteiger partial charge in [-0.3, -0.25) is 4.79 Å². The number of aryl methyl sites for hydroxylation is 3. The highest BCUT2D eigenvalue weighted by molar-refractivity contribution is 9.11. The molecule has 104 valence electrons. The maximum Gasteiger partial charge on any atom is 0.168 e. The van der Waals surface area contributed by atoms with Crippen molar-refractivity contribution in [3.63, 3.8) is 0 Å². The van der Waals surface area contributed by atoms with E-state index in [1.165, 1.54) is 5.56 Å². The van der Waals surface area contributed by atoms with Crippen molar-refractivity contribution < 1.29 is 4.79 Å². The first-order valence-corrected chi connectivity index (χ1v) is 8.02. The van der Waals surface area contributed by atoms with Crippen LogP contribution >= 0.6 is 31.9 Å². The average molecular weight is 396 g/mol. The second-order valence-corrected chi connectivity index (χ2v) is 6.82. The minimum atomic E-state index is 0.131. The molecule has 0 aromatic heterocycles. The van der Waals surface area contributed by atoms with Gasteiger partial charge in [-0.05, 0) is 49.6 Å². The Balaban J connectivity index is 2.33. The molecule has 0 amide bonds. The van der Waals surface area contributed by atoms with Crippen molar-refractivity contribution in [2.45, 2.75) is 27.2 Å². The van der Waals surface area contributed by atoms with Crippen LogP contribution in [0.25, 0.3) is 0 Å². The van der Waals surface area contributed by atoms with Crippen molar-refractivity contribution in [1.82, 2.24) is 0 Å². The van der Waals surface area contributed by atoms with Gasteiger partial charge in [0.1, 0.15) is 0 Å². The Bertz CT molecular complexity index is 675. The van der Waals surface area contributed by atoms with Crippen LogP contribution in [-0.2, 0) is 6.42 Å². The molecule has 0 radical (unpaired) electrons. The van der Waals surface area contributed by atoms with E-state index in [4.69, 9.17) is 0 Å². The number of hydrogen-bond acceptors (Lipinski definition) is 1. The molecule has 0 heterocycles. The van der Waals surface area contributed by atoms with Crippen molar-refractivity contribution >= 4 is 37.6 Å². The minimum absolute atomic E-state index is 0.131. The third-order valence-electron chi connectivity index (χ3n) is 3.40. The third-order valence-corrected chi connectivity index (χ3v) is 4.91. The second-order valence-electron chi connectivity index (χ2n) is 5.11. The zero-order chi connectivity index (χ0) is 14.9. The molecule has 0 N–H and O–H groups in total. The number of rotatable bonds is 3. The summed E-state index contributed by atoms with van der Waals surface area (Å²) in [6, 6.07) is 10.1. The number of carbonyl (C=O) groups excluding carboxylic acids is 1. The molecule has 0 saturated carbocycles. The summed E-state index contributed by atoms with van der Waals surface area (Å²) in [5.41, 5.74) is 5.27. The zero-order valence-electron chi connectivity index (χ0n) is 11.8. The highest BCUT2D eigenvalue weighted by Crippen LogP contribution is 2.27. The number of carbonyl (C=O) groups is 1. The molecule has 0 saturated heterocycles. The predicted molar refractivity (Wildman–Crippen MR) is 90.5 cm³/mol. The van der Waals surface area contributed by atoms with Crippen LogP contribution in [0.3, 0.4) is 0 Å². The molecule has 0 aliphatic carbocycles. The monoisotopic (exact) mass is 394 g/mol. The molecule has 0 atom stereocenters. The van der Waals surface area contributed by atoms with Gasteiger partial charge in [0.15, 0.2) is 5.78 Å². The summed E-state index contributed by atoms with van der Waals surface area (Å²) in [5, 5.41) is 0. The molecule has 0 fully saturated rings. The van der Waals surface area contributed by atoms with Crippen LogP contribution in [0.4, 0.5) is 0 Å². The van der Waals surface area contributed by atoms with Crippen molar-refractivity contribution in [2.24, 2.45) is 0 Å². The third kappa shape index (κ3) is 3.39. The van der Waals surface area contributed by atoms with Gasteiger partial charge in [-0.2, -0.15) is 0 Å². The lowest BCUT2D eigenvalue weighted by Gasteiger charge is -2.09. The number of benzene rings is 2. The Morgan fingerprint density at radius 1 is 0.950 bits per heavy atom. The van der Waals surface area contributed by atoms with Gasteiger partial charge in [0, 0.05) is 20.9 Å². The highest BCUT2D eigenvalue weighted by atomic mass is 79.9. The predicted octanol–water partition coefficient (Wildman–Crippen LogP) is 5.56. The standard InChI is InChI=1S/C17H16Br2O/c1-10-4-5-11(2)13(6-10)8-17(20)14-9-15(18)12(3)7-16(14)19/h4-7,9H,8H2,1-3H3. The lowest BCUT2D eigenvalue weighted by molar-refractivity contribution is 0.0992. The summed E-state index contributed by atoms with van der Waals surface area (Å²) in [6.07, 6.45) is 0.432. The van der Waals surface area contributed by atoms with Gasteiger partial charge in [-0.1, -0.05) is 55.6 Å². The van der Waals surface area contributed by atoms with Crippen LogP contribution in [-0.4, -0.2) is 5.78 Å². The average Bonchev–Trinajstić information content (AvgIpc) is 2.38. The number of hydrogen-bond donors (Lipinski definition) is 0. The fourth-order valence-corrected chi connectivity index (χ4v) is 3.14. The van der Waals surface area contributed by atoms with Crippen molar-refractivity contribution in [1.29, 1.82) is 0 Å². The van der Waals surface area contributed by atoms with E-state index >= 15 is 0 Å². The first-order valence-electron chi connectivity index (χ1n) is 6.43. The number of halogens is 2. The molecule has 0 spiro atoms. The maximum atomic E-state index is 12.5. The second kappa shape index (κ2) is 6.23. The Hall–Kier alpha value is -0.930. The molecule has 2 rings (SSSR count). The summed E-state index contributed by atoms with van der Waals surface area (Å²) in [7, 11) is 0. The molecule has 2 aromatic carbocycles. The summed E-state index contributed by atoms with van der Waals surface area (Å²) in [4.78, 5) is 12.5. The fraction of sp³-hybridized carbons (Fsp3) is 0.235. The smallest absolute Gasteiger partial charge is 0.168 e. The molecule has 20 heavy (non-hydrogen) atoms. The molecule has 0 aliphatic heterocycles. The van der Waals surface area contributed by atoms with E-state index < -0.39 is 0 Å². The minimum Gasteiger partial charge on any atom is -0.294 e. The Morgan fingerprint density at radius 2 is 1.65 bits per heavy atom. The van der Waals surface area contributed by atoms with E-state index in [0.717, 1.165) is 31.2 Å². The van der Waals surface area contributed by atoms with Crippen molar-refractivity contribution in [3.8, 4) is 0 Å². The molecule has 2 aromatic rings. The van der Waals surface area contributed by atoms with Crippen LogP contribution in [0, 0.1) is 20.8 Å². The van der Waals surface area contributed by atoms with Crippen LogP contribution in [0.15, 0.2) is 39.3 Å². The van der Waals surface area contributed by atoms with Gasteiger partial charge < -0.3 is 0 Å². The van der Waals surface area contributed by atoms with E-state index in [9.17, 15) is 4.79 Å². The van der Waals surface area contributed by atoms with E-state index in [0.29, 0.717) is 6.42 Å². The summed E-state index contributed by atoms with van der Waals surface area (Å²) < 4.78 is 1.82. The fourth-order valence-electron chi connectivity index (χ4n) is 2.12. The molecular formula is C17H16Br2O. The van der Waals surface area contributed by atoms with E-state index in [1.807, 2.05) is 32.9 Å². The van der Waals surface area contributed by atoms with E-state index in [1.54, 1.807) is 0 Å². The van der Waals surface area contributed by atoms with Crippen molar-refractivity contribution in [2.75, 3.05) is 0 Å². The molecule has 0 bridgehead atoms. The van der Waals surface area contributed by atoms with E-state index in [2.05, 4.69) is 50.1 Å². The van der Waals surface area contributed by atoms with Gasteiger partial charge in [0.25, 0.3) is 0 Å². The Morgan fingerprint density at radius 3 is 2.35 bits per heavy atom. The van der Waals surface area contributed by atoms with Crippen LogP contribution < -0.4 is 0 Å². The summed E-state index contributed by atoms with van der Waals surface area (Å²) in [5.74, 6) is 0.131. The van der Waals surface area contributed by atoms with Crippen LogP contribution in [0.1, 0.15) is 32.6 Å². The topological polar surface area (TPSA) is 17.1 Å². The maximum absolute atomic E-state index is 12.5. The lowest BCUT2D eigenvalue weighted by Crippen LogP contribution is -2.06. The first-order chi connectivity index (χ1) is 9.38. The molecule has 0 aliphatic rings. The van der Waals surface area contributed by atoms with Gasteiger partial charge in [-0.15, -0.1) is 0 Å². The number of Topliss-reactive ketones (excluding diaryl/α,β-unsaturated/α-hetero) is 1. The van der Waals surface area contributed by atoms with Gasteiger partial charge in [-0.25, -0.2) is 0 Å². The van der Waals surface area contributed by atoms with Gasteiger partial charge in [0.05, 0.1) is 0 Å². The summed E-state index contributed by atoms with van der Waals surface area (Å²) in [6.45, 7) is 6.10. The molecule has 1 nitrogen and oxygen atoms in total. The van der Waals surface area contributed by atoms with Crippen LogP contribution in [0.2, 0.25) is 0 Å².